The van der Waals surface area contributed by atoms with Crippen LogP contribution >= 0.6 is 0 Å². The Bertz CT molecular complexity index is 342. The number of nitrogens with zero attached hydrogens (tertiary/aromatic N) is 2. The highest BCUT2D eigenvalue weighted by Crippen LogP contribution is 2.13. The van der Waals surface area contributed by atoms with E-state index in [1.807, 2.05) is 35.2 Å². The lowest BCUT2D eigenvalue weighted by Crippen LogP contribution is -2.42. The van der Waals surface area contributed by atoms with Crippen molar-refractivity contribution in [1.29, 1.82) is 0 Å². The summed E-state index contributed by atoms with van der Waals surface area (Å²) < 4.78 is 0. The zero-order valence-corrected chi connectivity index (χ0v) is 12.1. The minimum Gasteiger partial charge on any atom is -0.395 e. The summed E-state index contributed by atoms with van der Waals surface area (Å²) in [4.78, 5) is 3.98. The van der Waals surface area contributed by atoms with Crippen molar-refractivity contribution >= 4 is 5.69 Å². The number of para-hydroxylation sites is 1. The van der Waals surface area contributed by atoms with Gasteiger partial charge in [0.15, 0.2) is 0 Å². The first kappa shape index (κ1) is 16.9. The van der Waals surface area contributed by atoms with Crippen LogP contribution in [0.5, 0.6) is 0 Å². The van der Waals surface area contributed by atoms with E-state index in [0.717, 1.165) is 12.2 Å². The minimum atomic E-state index is -0.520. The fourth-order valence-corrected chi connectivity index (χ4v) is 2.24. The lowest BCUT2D eigenvalue weighted by atomic mass is 10.2. The Morgan fingerprint density at radius 1 is 1.00 bits per heavy atom. The summed E-state index contributed by atoms with van der Waals surface area (Å²) in [5.74, 6) is 0. The van der Waals surface area contributed by atoms with Gasteiger partial charge in [-0.15, -0.1) is 0 Å². The van der Waals surface area contributed by atoms with E-state index in [1.54, 1.807) is 0 Å². The smallest absolute Gasteiger partial charge is 0.0841 e. The quantitative estimate of drug-likeness (QED) is 0.570. The van der Waals surface area contributed by atoms with E-state index < -0.39 is 6.10 Å². The van der Waals surface area contributed by atoms with Gasteiger partial charge in [0.2, 0.25) is 0 Å². The zero-order chi connectivity index (χ0) is 14.8. The van der Waals surface area contributed by atoms with Gasteiger partial charge in [0.1, 0.15) is 0 Å². The van der Waals surface area contributed by atoms with Gasteiger partial charge in [0.25, 0.3) is 0 Å². The van der Waals surface area contributed by atoms with Crippen molar-refractivity contribution in [2.75, 3.05) is 50.8 Å². The largest absolute Gasteiger partial charge is 0.395 e. The number of aliphatic hydroxyl groups is 3. The third-order valence-corrected chi connectivity index (χ3v) is 3.24. The Kier molecular flexibility index (Phi) is 8.22. The molecular weight excluding hydrogens is 256 g/mol. The van der Waals surface area contributed by atoms with Crippen molar-refractivity contribution in [3.05, 3.63) is 30.3 Å². The summed E-state index contributed by atoms with van der Waals surface area (Å²) in [6.07, 6.45) is -0.520. The van der Waals surface area contributed by atoms with Crippen LogP contribution in [0, 0.1) is 0 Å². The predicted molar refractivity (Wildman–Crippen MR) is 80.9 cm³/mol. The Balaban J connectivity index is 2.52. The first-order valence-corrected chi connectivity index (χ1v) is 7.13. The number of anilines is 1. The molecule has 1 atom stereocenters. The molecular formula is C15H26N2O3. The van der Waals surface area contributed by atoms with Gasteiger partial charge in [0.05, 0.1) is 19.3 Å². The van der Waals surface area contributed by atoms with Gasteiger partial charge in [-0.1, -0.05) is 18.2 Å². The minimum absolute atomic E-state index is 0.0307. The number of hydrogen-bond donors (Lipinski definition) is 3. The van der Waals surface area contributed by atoms with Gasteiger partial charge >= 0.3 is 0 Å². The molecule has 0 bridgehead atoms. The average molecular weight is 282 g/mol. The first-order chi connectivity index (χ1) is 9.71. The second kappa shape index (κ2) is 9.72. The van der Waals surface area contributed by atoms with Crippen molar-refractivity contribution in [3.63, 3.8) is 0 Å². The van der Waals surface area contributed by atoms with E-state index in [0.29, 0.717) is 26.2 Å². The van der Waals surface area contributed by atoms with Crippen LogP contribution in [-0.2, 0) is 0 Å². The fourth-order valence-electron chi connectivity index (χ4n) is 2.24. The van der Waals surface area contributed by atoms with Gasteiger partial charge in [-0.2, -0.15) is 0 Å². The molecule has 0 saturated carbocycles. The van der Waals surface area contributed by atoms with E-state index in [2.05, 4.69) is 11.8 Å². The molecule has 0 aromatic heterocycles. The van der Waals surface area contributed by atoms with Gasteiger partial charge in [-0.3, -0.25) is 4.90 Å². The van der Waals surface area contributed by atoms with Gasteiger partial charge in [-0.25, -0.2) is 0 Å². The topological polar surface area (TPSA) is 67.2 Å². The molecule has 5 nitrogen and oxygen atoms in total. The third kappa shape index (κ3) is 5.88. The Labute approximate surface area is 121 Å². The van der Waals surface area contributed by atoms with Gasteiger partial charge in [-0.05, 0) is 19.1 Å². The van der Waals surface area contributed by atoms with Crippen molar-refractivity contribution in [3.8, 4) is 0 Å². The summed E-state index contributed by atoms with van der Waals surface area (Å²) in [7, 11) is 0. The first-order valence-electron chi connectivity index (χ1n) is 7.13. The number of likely N-dealkylation sites (N-methyl/N-ethyl adjacent to an activating group) is 1. The van der Waals surface area contributed by atoms with Crippen LogP contribution in [0.3, 0.4) is 0 Å². The predicted octanol–water partition coefficient (Wildman–Crippen LogP) is 0.160. The summed E-state index contributed by atoms with van der Waals surface area (Å²) >= 11 is 0. The third-order valence-electron chi connectivity index (χ3n) is 3.24. The maximum Gasteiger partial charge on any atom is 0.0841 e. The van der Waals surface area contributed by atoms with Crippen molar-refractivity contribution in [2.45, 2.75) is 13.0 Å². The van der Waals surface area contributed by atoms with E-state index >= 15 is 0 Å². The molecule has 1 aromatic rings. The van der Waals surface area contributed by atoms with Crippen molar-refractivity contribution < 1.29 is 15.3 Å². The molecule has 0 heterocycles. The molecule has 3 N–H and O–H groups in total. The average Bonchev–Trinajstić information content (AvgIpc) is 2.46. The molecule has 1 unspecified atom stereocenters. The fraction of sp³-hybridized carbons (Fsp3) is 0.600. The van der Waals surface area contributed by atoms with Crippen molar-refractivity contribution in [1.82, 2.24) is 4.90 Å². The molecule has 5 heteroatoms. The van der Waals surface area contributed by atoms with Crippen LogP contribution in [0.2, 0.25) is 0 Å². The SMILES string of the molecule is CCN(CC(O)CN(CCO)CCO)c1ccccc1. The van der Waals surface area contributed by atoms with E-state index in [4.69, 9.17) is 10.2 Å². The monoisotopic (exact) mass is 282 g/mol. The summed E-state index contributed by atoms with van der Waals surface area (Å²) in [5.41, 5.74) is 1.09. The highest BCUT2D eigenvalue weighted by molar-refractivity contribution is 5.45. The molecule has 1 rings (SSSR count). The highest BCUT2D eigenvalue weighted by Gasteiger charge is 2.14. The lowest BCUT2D eigenvalue weighted by Gasteiger charge is -2.29. The number of benzene rings is 1. The molecule has 0 amide bonds. The second-order valence-corrected chi connectivity index (χ2v) is 4.78. The number of rotatable bonds is 10. The van der Waals surface area contributed by atoms with Crippen molar-refractivity contribution in [2.24, 2.45) is 0 Å². The second-order valence-electron chi connectivity index (χ2n) is 4.78. The van der Waals surface area contributed by atoms with Gasteiger partial charge < -0.3 is 20.2 Å². The normalized spacial score (nSPS) is 12.7. The molecule has 0 aliphatic carbocycles. The molecule has 1 aromatic carbocycles. The molecule has 0 aliphatic rings. The summed E-state index contributed by atoms with van der Waals surface area (Å²) in [6.45, 7) is 4.86. The molecule has 0 aliphatic heterocycles. The van der Waals surface area contributed by atoms with Crippen LogP contribution in [0.25, 0.3) is 0 Å². The molecule has 0 radical (unpaired) electrons. The van der Waals surface area contributed by atoms with Gasteiger partial charge in [0, 0.05) is 38.4 Å². The zero-order valence-electron chi connectivity index (χ0n) is 12.1. The lowest BCUT2D eigenvalue weighted by molar-refractivity contribution is 0.0908. The van der Waals surface area contributed by atoms with Crippen LogP contribution < -0.4 is 4.90 Å². The van der Waals surface area contributed by atoms with Crippen LogP contribution in [0.1, 0.15) is 6.92 Å². The molecule has 114 valence electrons. The Morgan fingerprint density at radius 2 is 1.60 bits per heavy atom. The summed E-state index contributed by atoms with van der Waals surface area (Å²) in [5, 5.41) is 28.1. The van der Waals surface area contributed by atoms with Crippen LogP contribution in [0.15, 0.2) is 30.3 Å². The van der Waals surface area contributed by atoms with Crippen LogP contribution in [-0.4, -0.2) is 72.3 Å². The number of aliphatic hydroxyl groups excluding tert-OH is 3. The molecule has 20 heavy (non-hydrogen) atoms. The van der Waals surface area contributed by atoms with Crippen LogP contribution in [0.4, 0.5) is 5.69 Å². The number of hydrogen-bond acceptors (Lipinski definition) is 5. The van der Waals surface area contributed by atoms with E-state index in [1.165, 1.54) is 0 Å². The van der Waals surface area contributed by atoms with E-state index in [-0.39, 0.29) is 13.2 Å². The molecule has 0 saturated heterocycles. The Morgan fingerprint density at radius 3 is 2.10 bits per heavy atom. The Hall–Kier alpha value is -1.14. The molecule has 0 fully saturated rings. The maximum atomic E-state index is 10.2. The maximum absolute atomic E-state index is 10.2. The van der Waals surface area contributed by atoms with E-state index in [9.17, 15) is 5.11 Å². The highest BCUT2D eigenvalue weighted by atomic mass is 16.3. The standard InChI is InChI=1S/C15H26N2O3/c1-2-17(14-6-4-3-5-7-14)13-15(20)12-16(8-10-18)9-11-19/h3-7,15,18-20H,2,8-13H2,1H3. The summed E-state index contributed by atoms with van der Waals surface area (Å²) in [6, 6.07) is 9.98. The molecule has 0 spiro atoms.